The Morgan fingerprint density at radius 2 is 1.98 bits per heavy atom. The summed E-state index contributed by atoms with van der Waals surface area (Å²) in [5.41, 5.74) is 12.3. The molecule has 1 saturated heterocycles. The lowest BCUT2D eigenvalue weighted by Gasteiger charge is -2.23. The van der Waals surface area contributed by atoms with Crippen molar-refractivity contribution in [2.75, 3.05) is 13.7 Å². The first kappa shape index (κ1) is 28.5. The van der Waals surface area contributed by atoms with E-state index in [0.29, 0.717) is 35.6 Å². The summed E-state index contributed by atoms with van der Waals surface area (Å²) in [6.07, 6.45) is 9.08. The van der Waals surface area contributed by atoms with E-state index in [1.54, 1.807) is 7.11 Å². The van der Waals surface area contributed by atoms with Crippen LogP contribution in [0.2, 0.25) is 0 Å². The summed E-state index contributed by atoms with van der Waals surface area (Å²) in [6.45, 7) is 10.3. The number of ether oxygens (including phenoxy) is 1. The van der Waals surface area contributed by atoms with Gasteiger partial charge in [0.2, 0.25) is 0 Å². The van der Waals surface area contributed by atoms with Gasteiger partial charge in [0, 0.05) is 48.7 Å². The molecule has 2 aliphatic rings. The Hall–Kier alpha value is -3.58. The number of methoxy groups -OCH3 is 1. The number of hydrogen-bond donors (Lipinski definition) is 1. The van der Waals surface area contributed by atoms with Gasteiger partial charge in [0.25, 0.3) is 5.91 Å². The smallest absolute Gasteiger partial charge is 0.254 e. The molecule has 2 aromatic carbocycles. The van der Waals surface area contributed by atoms with Gasteiger partial charge in [-0.25, -0.2) is 4.98 Å². The van der Waals surface area contributed by atoms with Crippen LogP contribution in [0.15, 0.2) is 42.5 Å². The molecule has 4 aromatic rings. The van der Waals surface area contributed by atoms with Gasteiger partial charge in [-0.05, 0) is 79.8 Å². The second-order valence-electron chi connectivity index (χ2n) is 12.9. The number of imidazole rings is 1. The molecule has 1 saturated carbocycles. The van der Waals surface area contributed by atoms with Crippen molar-refractivity contribution in [3.8, 4) is 17.3 Å². The fraction of sp³-hybridized carbons (Fsp3) is 0.486. The van der Waals surface area contributed by atoms with E-state index in [2.05, 4.69) is 73.2 Å². The number of carbonyl (C=O) groups is 1. The Labute approximate surface area is 249 Å². The number of aromatic nitrogens is 3. The van der Waals surface area contributed by atoms with Crippen molar-refractivity contribution in [2.24, 2.45) is 30.5 Å². The van der Waals surface area contributed by atoms with Crippen molar-refractivity contribution in [3.63, 3.8) is 0 Å². The fourth-order valence-corrected chi connectivity index (χ4v) is 6.61. The first-order chi connectivity index (χ1) is 20.2. The molecule has 0 spiro atoms. The molecule has 7 heteroatoms. The molecular formula is C35H45N5O2. The van der Waals surface area contributed by atoms with Crippen molar-refractivity contribution in [2.45, 2.75) is 72.0 Å². The second-order valence-corrected chi connectivity index (χ2v) is 12.9. The Bertz CT molecular complexity index is 1660. The van der Waals surface area contributed by atoms with Gasteiger partial charge in [0.15, 0.2) is 5.82 Å². The predicted octanol–water partition coefficient (Wildman–Crippen LogP) is 6.87. The van der Waals surface area contributed by atoms with Crippen molar-refractivity contribution in [1.29, 1.82) is 0 Å². The maximum absolute atomic E-state index is 13.8. The minimum absolute atomic E-state index is 0.00771. The average Bonchev–Trinajstić information content (AvgIpc) is 3.56. The molecule has 1 amide bonds. The molecule has 1 aliphatic carbocycles. The average molecular weight is 568 g/mol. The lowest BCUT2D eigenvalue weighted by Crippen LogP contribution is -2.41. The van der Waals surface area contributed by atoms with Gasteiger partial charge in [-0.15, -0.1) is 0 Å². The van der Waals surface area contributed by atoms with E-state index >= 15 is 0 Å². The summed E-state index contributed by atoms with van der Waals surface area (Å²) >= 11 is 0. The molecule has 2 aromatic heterocycles. The van der Waals surface area contributed by atoms with Gasteiger partial charge in [-0.2, -0.15) is 0 Å². The van der Waals surface area contributed by atoms with Gasteiger partial charge in [0.05, 0.1) is 18.3 Å². The summed E-state index contributed by atoms with van der Waals surface area (Å²) in [5.74, 6) is 3.19. The monoisotopic (exact) mass is 567 g/mol. The third-order valence-corrected chi connectivity index (χ3v) is 9.42. The van der Waals surface area contributed by atoms with E-state index < -0.39 is 0 Å². The van der Waals surface area contributed by atoms with Gasteiger partial charge >= 0.3 is 0 Å². The van der Waals surface area contributed by atoms with Crippen LogP contribution in [0.1, 0.15) is 69.3 Å². The van der Waals surface area contributed by atoms with Crippen molar-refractivity contribution in [1.82, 2.24) is 19.0 Å². The highest BCUT2D eigenvalue weighted by atomic mass is 16.5. The van der Waals surface area contributed by atoms with Crippen LogP contribution in [-0.2, 0) is 13.6 Å². The Morgan fingerprint density at radius 3 is 2.64 bits per heavy atom. The van der Waals surface area contributed by atoms with Gasteiger partial charge in [-0.1, -0.05) is 45.4 Å². The third-order valence-electron chi connectivity index (χ3n) is 9.42. The summed E-state index contributed by atoms with van der Waals surface area (Å²) < 4.78 is 10.4. The molecule has 0 unspecified atom stereocenters. The molecule has 2 N–H and O–H groups in total. The number of rotatable bonds is 9. The normalized spacial score (nSPS) is 21.0. The van der Waals surface area contributed by atoms with Crippen LogP contribution in [0, 0.1) is 17.8 Å². The van der Waals surface area contributed by atoms with Gasteiger partial charge < -0.3 is 24.5 Å². The van der Waals surface area contributed by atoms with Gasteiger partial charge in [0.1, 0.15) is 11.3 Å². The number of nitrogens with zero attached hydrogens (tertiary/aromatic N) is 4. The molecule has 0 radical (unpaired) electrons. The summed E-state index contributed by atoms with van der Waals surface area (Å²) in [4.78, 5) is 20.8. The number of allylic oxidation sites excluding steroid dienone is 1. The number of amides is 1. The van der Waals surface area contributed by atoms with Crippen molar-refractivity contribution >= 4 is 33.9 Å². The number of carbonyl (C=O) groups excluding carboxylic acids is 1. The van der Waals surface area contributed by atoms with Crippen LogP contribution in [0.5, 0.6) is 5.75 Å². The van der Waals surface area contributed by atoms with E-state index in [1.165, 1.54) is 29.3 Å². The van der Waals surface area contributed by atoms with E-state index in [4.69, 9.17) is 15.5 Å². The quantitative estimate of drug-likeness (QED) is 0.239. The van der Waals surface area contributed by atoms with E-state index in [1.807, 2.05) is 24.1 Å². The number of hydrogen-bond acceptors (Lipinski definition) is 4. The summed E-state index contributed by atoms with van der Waals surface area (Å²) in [5, 5.41) is 1.22. The van der Waals surface area contributed by atoms with Crippen LogP contribution in [0.4, 0.5) is 0 Å². The first-order valence-electron chi connectivity index (χ1n) is 15.6. The Morgan fingerprint density at radius 1 is 1.19 bits per heavy atom. The van der Waals surface area contributed by atoms with Gasteiger partial charge in [-0.3, -0.25) is 4.79 Å². The predicted molar refractivity (Wildman–Crippen MR) is 172 cm³/mol. The highest BCUT2D eigenvalue weighted by Crippen LogP contribution is 2.38. The zero-order valence-corrected chi connectivity index (χ0v) is 25.9. The summed E-state index contributed by atoms with van der Waals surface area (Å²) in [6, 6.07) is 12.8. The Balaban J connectivity index is 1.42. The van der Waals surface area contributed by atoms with Crippen LogP contribution >= 0.6 is 0 Å². The maximum Gasteiger partial charge on any atom is 0.254 e. The SMILES string of the molecule is CC[C@@H]1CN(C(=O)c2cc(OC)c3c(c2)nc(-c2cc4cc(/C=C/CC(C)C)ccc4n2CC2CC2)n3C)[C@H](C)[C@H]1N. The fourth-order valence-electron chi connectivity index (χ4n) is 6.61. The zero-order chi connectivity index (χ0) is 29.7. The number of nitrogens with two attached hydrogens (primary N) is 1. The van der Waals surface area contributed by atoms with E-state index in [9.17, 15) is 4.79 Å². The highest BCUT2D eigenvalue weighted by Gasteiger charge is 2.39. The molecule has 7 nitrogen and oxygen atoms in total. The molecule has 222 valence electrons. The zero-order valence-electron chi connectivity index (χ0n) is 25.9. The number of fused-ring (bicyclic) bond motifs is 2. The number of likely N-dealkylation sites (tertiary alicyclic amines) is 1. The lowest BCUT2D eigenvalue weighted by molar-refractivity contribution is 0.0739. The standard InChI is InChI=1S/C35H45N5O2/c1-7-25-20-39(22(4)32(25)36)35(41)27-16-28-33(31(18-27)42-6)38(5)34(37-28)30-17-26-15-23(10-8-9-21(2)3)13-14-29(26)40(30)19-24-11-12-24/h8,10,13-18,21-22,24-25,32H,7,9,11-12,19-20,36H2,1-6H3/b10-8+/t22-,25-,32-/m1/s1. The maximum atomic E-state index is 13.8. The molecule has 2 fully saturated rings. The highest BCUT2D eigenvalue weighted by molar-refractivity contribution is 6.00. The molecule has 42 heavy (non-hydrogen) atoms. The van der Waals surface area contributed by atoms with Crippen molar-refractivity contribution < 1.29 is 9.53 Å². The molecule has 3 atom stereocenters. The summed E-state index contributed by atoms with van der Waals surface area (Å²) in [7, 11) is 3.71. The van der Waals surface area contributed by atoms with Crippen LogP contribution in [0.3, 0.4) is 0 Å². The molecule has 3 heterocycles. The van der Waals surface area contributed by atoms with E-state index in [0.717, 1.165) is 41.9 Å². The number of aryl methyl sites for hydroxylation is 1. The Kier molecular flexibility index (Phi) is 7.64. The molecule has 0 bridgehead atoms. The number of benzene rings is 2. The second kappa shape index (κ2) is 11.3. The largest absolute Gasteiger partial charge is 0.494 e. The lowest BCUT2D eigenvalue weighted by atomic mass is 9.98. The minimum atomic E-state index is -0.0119. The minimum Gasteiger partial charge on any atom is -0.494 e. The van der Waals surface area contributed by atoms with Crippen LogP contribution in [0.25, 0.3) is 39.5 Å². The first-order valence-corrected chi connectivity index (χ1v) is 15.6. The van der Waals surface area contributed by atoms with Crippen molar-refractivity contribution in [3.05, 3.63) is 53.6 Å². The van der Waals surface area contributed by atoms with E-state index in [-0.39, 0.29) is 18.0 Å². The molecular weight excluding hydrogens is 522 g/mol. The van der Waals surface area contributed by atoms with Crippen LogP contribution < -0.4 is 10.5 Å². The molecule has 1 aliphatic heterocycles. The topological polar surface area (TPSA) is 78.3 Å². The van der Waals surface area contributed by atoms with Crippen LogP contribution in [-0.4, -0.2) is 50.7 Å². The third kappa shape index (κ3) is 5.13. The molecule has 6 rings (SSSR count).